The molecule has 1 unspecified atom stereocenters. The van der Waals surface area contributed by atoms with Gasteiger partial charge in [-0.15, -0.1) is 0 Å². The van der Waals surface area contributed by atoms with Gasteiger partial charge in [0.2, 0.25) is 0 Å². The fourth-order valence-electron chi connectivity index (χ4n) is 2.20. The van der Waals surface area contributed by atoms with E-state index in [2.05, 4.69) is 27.7 Å². The van der Waals surface area contributed by atoms with Gasteiger partial charge in [0.25, 0.3) is 0 Å². The molecular weight excluding hydrogens is 222 g/mol. The van der Waals surface area contributed by atoms with E-state index in [-0.39, 0.29) is 5.41 Å². The highest BCUT2D eigenvalue weighted by Gasteiger charge is 2.27. The Hall–Kier alpha value is -0.730. The van der Waals surface area contributed by atoms with Crippen molar-refractivity contribution in [1.82, 2.24) is 0 Å². The summed E-state index contributed by atoms with van der Waals surface area (Å²) in [5.74, 6) is 6.38. The predicted octanol–water partition coefficient (Wildman–Crippen LogP) is 4.13. The lowest BCUT2D eigenvalue weighted by molar-refractivity contribution is 0.286. The summed E-state index contributed by atoms with van der Waals surface area (Å²) in [4.78, 5) is 4.92. The van der Waals surface area contributed by atoms with Crippen LogP contribution in [0.15, 0.2) is 18.2 Å². The monoisotopic (exact) mass is 241 g/mol. The number of nitrogens with two attached hydrogens (primary N) is 1. The molecule has 0 aromatic heterocycles. The molecule has 0 aliphatic carbocycles. The molecule has 0 aliphatic rings. The standard InChI is InChI=1S/C13H20ClNO/c1-5-11(13(2,3)4)10-7-6-9(14)8-12(10)16-15/h6-8,11H,5,15H2,1-4H3. The molecule has 0 spiro atoms. The van der Waals surface area contributed by atoms with E-state index in [9.17, 15) is 0 Å². The fraction of sp³-hybridized carbons (Fsp3) is 0.538. The van der Waals surface area contributed by atoms with Crippen LogP contribution in [0.25, 0.3) is 0 Å². The van der Waals surface area contributed by atoms with Crippen molar-refractivity contribution < 1.29 is 4.84 Å². The van der Waals surface area contributed by atoms with Crippen molar-refractivity contribution >= 4 is 11.6 Å². The van der Waals surface area contributed by atoms with Crippen LogP contribution in [0, 0.1) is 5.41 Å². The summed E-state index contributed by atoms with van der Waals surface area (Å²) in [6.45, 7) is 8.83. The SMILES string of the molecule is CCC(c1ccc(Cl)cc1ON)C(C)(C)C. The number of hydrogen-bond donors (Lipinski definition) is 1. The number of rotatable bonds is 3. The van der Waals surface area contributed by atoms with Gasteiger partial charge in [0, 0.05) is 16.7 Å². The highest BCUT2D eigenvalue weighted by molar-refractivity contribution is 6.30. The van der Waals surface area contributed by atoms with Gasteiger partial charge in [-0.3, -0.25) is 0 Å². The molecule has 1 rings (SSSR count). The molecule has 1 atom stereocenters. The summed E-state index contributed by atoms with van der Waals surface area (Å²) in [7, 11) is 0. The Kier molecular flexibility index (Phi) is 4.22. The van der Waals surface area contributed by atoms with E-state index in [0.29, 0.717) is 16.7 Å². The molecule has 0 heterocycles. The Morgan fingerprint density at radius 2 is 2.00 bits per heavy atom. The third-order valence-corrected chi connectivity index (χ3v) is 3.17. The molecular formula is C13H20ClNO. The quantitative estimate of drug-likeness (QED) is 0.808. The molecule has 16 heavy (non-hydrogen) atoms. The summed E-state index contributed by atoms with van der Waals surface area (Å²) < 4.78 is 0. The molecule has 90 valence electrons. The summed E-state index contributed by atoms with van der Waals surface area (Å²) in [6.07, 6.45) is 1.04. The van der Waals surface area contributed by atoms with Gasteiger partial charge in [-0.05, 0) is 23.8 Å². The zero-order valence-electron chi connectivity index (χ0n) is 10.4. The highest BCUT2D eigenvalue weighted by atomic mass is 35.5. The van der Waals surface area contributed by atoms with Crippen molar-refractivity contribution in [3.63, 3.8) is 0 Å². The van der Waals surface area contributed by atoms with Gasteiger partial charge in [-0.2, -0.15) is 5.90 Å². The molecule has 3 heteroatoms. The normalized spacial score (nSPS) is 13.6. The molecule has 0 amide bonds. The van der Waals surface area contributed by atoms with Crippen LogP contribution in [0.5, 0.6) is 5.75 Å². The van der Waals surface area contributed by atoms with Gasteiger partial charge >= 0.3 is 0 Å². The van der Waals surface area contributed by atoms with Gasteiger partial charge < -0.3 is 4.84 Å². The second-order valence-electron chi connectivity index (χ2n) is 5.13. The maximum Gasteiger partial charge on any atom is 0.151 e. The Morgan fingerprint density at radius 3 is 2.44 bits per heavy atom. The molecule has 0 saturated carbocycles. The first-order valence-electron chi connectivity index (χ1n) is 5.56. The Labute approximate surface area is 103 Å². The minimum atomic E-state index is 0.176. The van der Waals surface area contributed by atoms with Crippen LogP contribution in [0.2, 0.25) is 5.02 Å². The first-order valence-corrected chi connectivity index (χ1v) is 5.94. The van der Waals surface area contributed by atoms with Gasteiger partial charge in [0.1, 0.15) is 0 Å². The summed E-state index contributed by atoms with van der Waals surface area (Å²) in [5, 5.41) is 0.646. The first-order chi connectivity index (χ1) is 7.40. The lowest BCUT2D eigenvalue weighted by atomic mass is 9.75. The maximum atomic E-state index is 5.92. The van der Waals surface area contributed by atoms with Crippen molar-refractivity contribution in [1.29, 1.82) is 0 Å². The average molecular weight is 242 g/mol. The van der Waals surface area contributed by atoms with Gasteiger partial charge in [0.05, 0.1) is 0 Å². The molecule has 1 aromatic rings. The number of halogens is 1. The lowest BCUT2D eigenvalue weighted by Crippen LogP contribution is -2.19. The summed E-state index contributed by atoms with van der Waals surface area (Å²) in [5.41, 5.74) is 1.30. The summed E-state index contributed by atoms with van der Waals surface area (Å²) in [6, 6.07) is 5.66. The second kappa shape index (κ2) is 5.07. The molecule has 0 bridgehead atoms. The van der Waals surface area contributed by atoms with Gasteiger partial charge in [-0.1, -0.05) is 45.4 Å². The van der Waals surface area contributed by atoms with E-state index in [0.717, 1.165) is 12.0 Å². The minimum absolute atomic E-state index is 0.176. The third kappa shape index (κ3) is 2.89. The van der Waals surface area contributed by atoms with E-state index in [1.807, 2.05) is 12.1 Å². The Bertz CT molecular complexity index is 357. The fourth-order valence-corrected chi connectivity index (χ4v) is 2.36. The van der Waals surface area contributed by atoms with E-state index >= 15 is 0 Å². The second-order valence-corrected chi connectivity index (χ2v) is 5.56. The molecule has 0 radical (unpaired) electrons. The minimum Gasteiger partial charge on any atom is -0.411 e. The number of benzene rings is 1. The van der Waals surface area contributed by atoms with Crippen LogP contribution < -0.4 is 10.7 Å². The molecule has 2 N–H and O–H groups in total. The average Bonchev–Trinajstić information content (AvgIpc) is 2.19. The van der Waals surface area contributed by atoms with E-state index in [1.165, 1.54) is 0 Å². The van der Waals surface area contributed by atoms with E-state index < -0.39 is 0 Å². The zero-order chi connectivity index (χ0) is 12.3. The van der Waals surface area contributed by atoms with Crippen LogP contribution in [0.1, 0.15) is 45.6 Å². The Morgan fingerprint density at radius 1 is 1.38 bits per heavy atom. The van der Waals surface area contributed by atoms with Gasteiger partial charge in [0.15, 0.2) is 5.75 Å². The smallest absolute Gasteiger partial charge is 0.151 e. The van der Waals surface area contributed by atoms with Crippen LogP contribution >= 0.6 is 11.6 Å². The van der Waals surface area contributed by atoms with Crippen molar-refractivity contribution in [2.45, 2.75) is 40.0 Å². The van der Waals surface area contributed by atoms with Crippen molar-refractivity contribution in [2.75, 3.05) is 0 Å². The first kappa shape index (κ1) is 13.3. The van der Waals surface area contributed by atoms with Gasteiger partial charge in [-0.25, -0.2) is 0 Å². The number of hydrogen-bond acceptors (Lipinski definition) is 2. The predicted molar refractivity (Wildman–Crippen MR) is 68.8 cm³/mol. The molecule has 0 fully saturated rings. The van der Waals surface area contributed by atoms with Crippen LogP contribution in [-0.4, -0.2) is 0 Å². The van der Waals surface area contributed by atoms with Crippen molar-refractivity contribution in [2.24, 2.45) is 11.3 Å². The Balaban J connectivity index is 3.20. The molecule has 1 aromatic carbocycles. The maximum absolute atomic E-state index is 5.92. The zero-order valence-corrected chi connectivity index (χ0v) is 11.1. The van der Waals surface area contributed by atoms with Crippen LogP contribution in [-0.2, 0) is 0 Å². The van der Waals surface area contributed by atoms with Crippen molar-refractivity contribution in [3.8, 4) is 5.75 Å². The highest BCUT2D eigenvalue weighted by Crippen LogP contribution is 2.41. The van der Waals surface area contributed by atoms with E-state index in [1.54, 1.807) is 6.07 Å². The van der Waals surface area contributed by atoms with Crippen LogP contribution in [0.4, 0.5) is 0 Å². The lowest BCUT2D eigenvalue weighted by Gasteiger charge is -2.31. The van der Waals surface area contributed by atoms with Crippen molar-refractivity contribution in [3.05, 3.63) is 28.8 Å². The van der Waals surface area contributed by atoms with E-state index in [4.69, 9.17) is 22.3 Å². The molecule has 0 saturated heterocycles. The molecule has 2 nitrogen and oxygen atoms in total. The topological polar surface area (TPSA) is 35.2 Å². The van der Waals surface area contributed by atoms with Crippen LogP contribution in [0.3, 0.4) is 0 Å². The summed E-state index contributed by atoms with van der Waals surface area (Å²) >= 11 is 5.92. The largest absolute Gasteiger partial charge is 0.411 e. The third-order valence-electron chi connectivity index (χ3n) is 2.93. The molecule has 0 aliphatic heterocycles.